The monoisotopic (exact) mass is 692 g/mol. The molecule has 7 rings (SSSR count). The van der Waals surface area contributed by atoms with E-state index in [-0.39, 0.29) is 33.9 Å². The Morgan fingerprint density at radius 3 is 2.68 bits per heavy atom. The maximum Gasteiger partial charge on any atom is 0.386 e. The number of H-pyrrole nitrogens is 1. The van der Waals surface area contributed by atoms with Crippen LogP contribution in [0.3, 0.4) is 0 Å². The molecule has 0 aromatic carbocycles. The van der Waals surface area contributed by atoms with E-state index in [4.69, 9.17) is 35.4 Å². The van der Waals surface area contributed by atoms with E-state index in [1.807, 2.05) is 0 Å². The number of alkyl halides is 1. The number of hydrogen-bond donors (Lipinski definition) is 5. The van der Waals surface area contributed by atoms with Crippen molar-refractivity contribution in [1.29, 1.82) is 0 Å². The SMILES string of the molecule is C#C[C@]1(COP(=O)(S)O[C@@H]2[C@H](F)[C@@H](CO)O[C@H]2n2cnc3c(=O)n4cc[nH]c4nc32)O[C@@H](n2cnc3c(N)ncnc32)[C@H](OC)[C@@H]1O. The number of imidazole rings is 3. The fourth-order valence-corrected chi connectivity index (χ4v) is 7.15. The summed E-state index contributed by atoms with van der Waals surface area (Å²) >= 11 is 4.04. The molecule has 0 bridgehead atoms. The third-order valence-electron chi connectivity index (χ3n) is 8.06. The number of aliphatic hydroxyl groups is 2. The summed E-state index contributed by atoms with van der Waals surface area (Å²) in [5.41, 5.74) is 3.86. The average molecular weight is 693 g/mol. The number of aliphatic hydroxyl groups excluding tert-OH is 2. The van der Waals surface area contributed by atoms with Crippen LogP contribution in [0.15, 0.2) is 36.2 Å². The highest BCUT2D eigenvalue weighted by atomic mass is 32.7. The molecule has 248 valence electrons. The molecule has 9 atom stereocenters. The molecule has 2 saturated heterocycles. The number of aromatic amines is 1. The van der Waals surface area contributed by atoms with Crippen molar-refractivity contribution >= 4 is 53.0 Å². The highest BCUT2D eigenvalue weighted by Crippen LogP contribution is 2.58. The van der Waals surface area contributed by atoms with Gasteiger partial charge in [-0.15, -0.1) is 6.42 Å². The number of nitrogen functional groups attached to an aromatic ring is 1. The second-order valence-corrected chi connectivity index (χ2v) is 13.5. The largest absolute Gasteiger partial charge is 0.394 e. The van der Waals surface area contributed by atoms with Gasteiger partial charge in [0.2, 0.25) is 5.78 Å². The van der Waals surface area contributed by atoms with Crippen molar-refractivity contribution in [3.8, 4) is 12.3 Å². The maximum atomic E-state index is 15.6. The van der Waals surface area contributed by atoms with E-state index in [0.717, 1.165) is 0 Å². The van der Waals surface area contributed by atoms with E-state index in [1.165, 1.54) is 52.0 Å². The lowest BCUT2D eigenvalue weighted by Crippen LogP contribution is -2.46. The van der Waals surface area contributed by atoms with E-state index in [0.29, 0.717) is 0 Å². The number of methoxy groups -OCH3 is 1. The molecule has 1 unspecified atom stereocenters. The zero-order valence-corrected chi connectivity index (χ0v) is 25.9. The topological polar surface area (TPSA) is 241 Å². The molecule has 2 fully saturated rings. The van der Waals surface area contributed by atoms with Crippen LogP contribution in [-0.4, -0.2) is 110 Å². The van der Waals surface area contributed by atoms with E-state index in [9.17, 15) is 19.6 Å². The Labute approximate surface area is 267 Å². The Hall–Kier alpha value is -3.97. The van der Waals surface area contributed by atoms with Gasteiger partial charge >= 0.3 is 6.80 Å². The van der Waals surface area contributed by atoms with E-state index < -0.39 is 74.2 Å². The van der Waals surface area contributed by atoms with Crippen molar-refractivity contribution in [2.75, 3.05) is 26.1 Å². The fraction of sp³-hybridized carbons (Fsp3) is 0.440. The highest BCUT2D eigenvalue weighted by molar-refractivity contribution is 8.44. The summed E-state index contributed by atoms with van der Waals surface area (Å²) in [5, 5.41) is 21.0. The van der Waals surface area contributed by atoms with Crippen LogP contribution in [0.5, 0.6) is 0 Å². The molecule has 22 heteroatoms. The number of fused-ring (bicyclic) bond motifs is 3. The minimum atomic E-state index is -4.56. The molecule has 2 aliphatic rings. The van der Waals surface area contributed by atoms with Crippen LogP contribution in [0.4, 0.5) is 10.2 Å². The average Bonchev–Trinajstić information content (AvgIpc) is 3.88. The quantitative estimate of drug-likeness (QED) is 0.0759. The van der Waals surface area contributed by atoms with Crippen LogP contribution in [0, 0.1) is 12.3 Å². The van der Waals surface area contributed by atoms with Crippen LogP contribution in [0.1, 0.15) is 12.5 Å². The first-order chi connectivity index (χ1) is 22.5. The normalized spacial score (nSPS) is 30.8. The predicted octanol–water partition coefficient (Wildman–Crippen LogP) is -0.261. The van der Waals surface area contributed by atoms with Gasteiger partial charge in [0, 0.05) is 19.5 Å². The van der Waals surface area contributed by atoms with Gasteiger partial charge in [-0.3, -0.25) is 27.4 Å². The zero-order chi connectivity index (χ0) is 33.2. The molecule has 0 radical (unpaired) electrons. The van der Waals surface area contributed by atoms with Crippen molar-refractivity contribution in [3.63, 3.8) is 0 Å². The molecule has 2 aliphatic heterocycles. The van der Waals surface area contributed by atoms with Crippen LogP contribution >= 0.6 is 19.0 Å². The van der Waals surface area contributed by atoms with Gasteiger partial charge in [-0.25, -0.2) is 28.9 Å². The molecule has 19 nitrogen and oxygen atoms in total. The molecule has 0 aliphatic carbocycles. The molecule has 0 saturated carbocycles. The van der Waals surface area contributed by atoms with Gasteiger partial charge in [-0.1, -0.05) is 18.2 Å². The van der Waals surface area contributed by atoms with Gasteiger partial charge in [0.1, 0.15) is 42.9 Å². The number of halogens is 1. The van der Waals surface area contributed by atoms with Gasteiger partial charge in [0.05, 0.1) is 19.3 Å². The second-order valence-electron chi connectivity index (χ2n) is 10.7. The first kappa shape index (κ1) is 31.6. The Kier molecular flexibility index (Phi) is 7.82. The second kappa shape index (κ2) is 11.6. The first-order valence-corrected chi connectivity index (χ1v) is 16.5. The number of rotatable bonds is 9. The Morgan fingerprint density at radius 2 is 1.96 bits per heavy atom. The molecular weight excluding hydrogens is 666 g/mol. The van der Waals surface area contributed by atoms with Crippen LogP contribution in [0.25, 0.3) is 28.1 Å². The minimum absolute atomic E-state index is 0.00113. The molecule has 0 amide bonds. The van der Waals surface area contributed by atoms with Crippen molar-refractivity contribution < 1.29 is 42.4 Å². The molecule has 7 heterocycles. The molecule has 0 spiro atoms. The third-order valence-corrected chi connectivity index (χ3v) is 9.65. The van der Waals surface area contributed by atoms with Crippen LogP contribution in [-0.2, 0) is 27.8 Å². The first-order valence-electron chi connectivity index (χ1n) is 13.8. The maximum absolute atomic E-state index is 15.6. The molecule has 5 aromatic rings. The Balaban J connectivity index is 1.15. The number of hydrogen-bond acceptors (Lipinski definition) is 15. The lowest BCUT2D eigenvalue weighted by Gasteiger charge is -2.29. The van der Waals surface area contributed by atoms with Gasteiger partial charge in [0.15, 0.2) is 46.9 Å². The van der Waals surface area contributed by atoms with E-state index in [1.54, 1.807) is 0 Å². The Morgan fingerprint density at radius 1 is 1.21 bits per heavy atom. The van der Waals surface area contributed by atoms with Crippen molar-refractivity contribution in [2.45, 2.75) is 48.6 Å². The van der Waals surface area contributed by atoms with Gasteiger partial charge in [-0.2, -0.15) is 4.98 Å². The van der Waals surface area contributed by atoms with E-state index in [2.05, 4.69) is 48.1 Å². The number of thiol groups is 1. The predicted molar refractivity (Wildman–Crippen MR) is 161 cm³/mol. The summed E-state index contributed by atoms with van der Waals surface area (Å²) in [4.78, 5) is 36.4. The highest BCUT2D eigenvalue weighted by Gasteiger charge is 2.57. The third kappa shape index (κ3) is 5.00. The molecule has 47 heavy (non-hydrogen) atoms. The van der Waals surface area contributed by atoms with Crippen LogP contribution < -0.4 is 11.3 Å². The summed E-state index contributed by atoms with van der Waals surface area (Å²) in [6, 6.07) is 0. The number of anilines is 1. The van der Waals surface area contributed by atoms with Crippen molar-refractivity contribution in [1.82, 2.24) is 43.4 Å². The number of nitrogens with zero attached hydrogens (tertiary/aromatic N) is 8. The molecule has 5 aromatic heterocycles. The number of aromatic nitrogens is 9. The Bertz CT molecular complexity index is 2130. The summed E-state index contributed by atoms with van der Waals surface area (Å²) < 4.78 is 61.5. The van der Waals surface area contributed by atoms with Crippen molar-refractivity contribution in [2.24, 2.45) is 0 Å². The minimum Gasteiger partial charge on any atom is -0.394 e. The zero-order valence-electron chi connectivity index (χ0n) is 24.1. The summed E-state index contributed by atoms with van der Waals surface area (Å²) in [6.07, 6.45) is 2.12. The molecule has 5 N–H and O–H groups in total. The number of ether oxygens (including phenoxy) is 3. The van der Waals surface area contributed by atoms with Gasteiger partial charge < -0.3 is 35.1 Å². The lowest BCUT2D eigenvalue weighted by atomic mass is 9.97. The van der Waals surface area contributed by atoms with Gasteiger partial charge in [0.25, 0.3) is 5.56 Å². The number of nitrogens with one attached hydrogen (secondary N) is 1. The fourth-order valence-electron chi connectivity index (χ4n) is 5.70. The van der Waals surface area contributed by atoms with E-state index >= 15 is 4.39 Å². The standard InChI is InChI=1S/C25H26FN10O9PS/c1-3-25(17(38)16(41-2)23(44-25)35-9-31-13-18(27)29-8-30-19(13)35)7-42-46(40,47)45-15-12(26)11(6-37)43-22(15)36-10-32-14-20(36)33-24-28-4-5-34(24)21(14)39/h1,4-5,8-12,15-17,22-23,37-38H,6-7H2,2H3,(H,28,33)(H,40,47)(H2,27,29,30)/t11-,12-,15-,16-,17+,22-,23-,25-,46?/m1/s1. The van der Waals surface area contributed by atoms with Crippen LogP contribution in [0.2, 0.25) is 0 Å². The number of nitrogens with two attached hydrogens (primary N) is 1. The molecular formula is C25H26FN10O9PS. The summed E-state index contributed by atoms with van der Waals surface area (Å²) in [6.45, 7) is -6.09. The smallest absolute Gasteiger partial charge is 0.386 e. The van der Waals surface area contributed by atoms with Crippen molar-refractivity contribution in [3.05, 3.63) is 41.7 Å². The van der Waals surface area contributed by atoms with Gasteiger partial charge in [-0.05, 0) is 0 Å². The summed E-state index contributed by atoms with van der Waals surface area (Å²) in [7, 11) is 1.32. The number of terminal acetylenes is 1. The summed E-state index contributed by atoms with van der Waals surface area (Å²) in [5.74, 6) is 2.61. The lowest BCUT2D eigenvalue weighted by molar-refractivity contribution is -0.0905.